The van der Waals surface area contributed by atoms with E-state index in [0.29, 0.717) is 11.4 Å². The summed E-state index contributed by atoms with van der Waals surface area (Å²) in [5.41, 5.74) is 3.58. The number of carbonyl (C=O) groups is 1. The van der Waals surface area contributed by atoms with Crippen LogP contribution < -0.4 is 5.32 Å². The fourth-order valence-electron chi connectivity index (χ4n) is 2.61. The Morgan fingerprint density at radius 1 is 1.12 bits per heavy atom. The van der Waals surface area contributed by atoms with E-state index in [1.165, 1.54) is 11.3 Å². The molecule has 1 N–H and O–H groups in total. The Morgan fingerprint density at radius 2 is 1.88 bits per heavy atom. The quantitative estimate of drug-likeness (QED) is 0.557. The minimum Gasteiger partial charge on any atom is -0.326 e. The van der Waals surface area contributed by atoms with Crippen LogP contribution in [0.25, 0.3) is 16.2 Å². The summed E-state index contributed by atoms with van der Waals surface area (Å²) in [6.07, 6.45) is 2.26. The molecule has 25 heavy (non-hydrogen) atoms. The molecule has 0 saturated heterocycles. The SMILES string of the molecule is O=C(Cc1csc2nc(-c3ccc(Cl)cc3)cn12)Nc1ccccc1. The number of carbonyl (C=O) groups excluding carboxylic acids is 1. The van der Waals surface area contributed by atoms with Gasteiger partial charge in [0.25, 0.3) is 0 Å². The fourth-order valence-corrected chi connectivity index (χ4v) is 3.61. The highest BCUT2D eigenvalue weighted by Gasteiger charge is 2.12. The van der Waals surface area contributed by atoms with Gasteiger partial charge in [-0.1, -0.05) is 41.9 Å². The Hall–Kier alpha value is -2.63. The monoisotopic (exact) mass is 367 g/mol. The van der Waals surface area contributed by atoms with E-state index in [9.17, 15) is 4.79 Å². The van der Waals surface area contributed by atoms with Crippen LogP contribution in [0.1, 0.15) is 5.69 Å². The van der Waals surface area contributed by atoms with Crippen LogP contribution in [-0.2, 0) is 11.2 Å². The zero-order valence-corrected chi connectivity index (χ0v) is 14.7. The summed E-state index contributed by atoms with van der Waals surface area (Å²) in [6, 6.07) is 17.0. The molecule has 0 aliphatic carbocycles. The average molecular weight is 368 g/mol. The highest BCUT2D eigenvalue weighted by atomic mass is 35.5. The summed E-state index contributed by atoms with van der Waals surface area (Å²) >= 11 is 7.46. The molecule has 124 valence electrons. The van der Waals surface area contributed by atoms with Gasteiger partial charge < -0.3 is 5.32 Å². The number of aromatic nitrogens is 2. The summed E-state index contributed by atoms with van der Waals surface area (Å²) in [5, 5.41) is 5.57. The van der Waals surface area contributed by atoms with E-state index in [1.807, 2.05) is 70.6 Å². The third-order valence-electron chi connectivity index (χ3n) is 3.82. The predicted molar refractivity (Wildman–Crippen MR) is 102 cm³/mol. The Balaban J connectivity index is 1.56. The van der Waals surface area contributed by atoms with Crippen LogP contribution in [0, 0.1) is 0 Å². The van der Waals surface area contributed by atoms with Crippen LogP contribution in [-0.4, -0.2) is 15.3 Å². The molecule has 1 amide bonds. The number of benzene rings is 2. The number of nitrogens with one attached hydrogen (secondary N) is 1. The lowest BCUT2D eigenvalue weighted by Crippen LogP contribution is -2.15. The third-order valence-corrected chi connectivity index (χ3v) is 4.96. The number of hydrogen-bond donors (Lipinski definition) is 1. The number of rotatable bonds is 4. The highest BCUT2D eigenvalue weighted by molar-refractivity contribution is 7.15. The number of nitrogens with zero attached hydrogens (tertiary/aromatic N) is 2. The topological polar surface area (TPSA) is 46.4 Å². The van der Waals surface area contributed by atoms with Crippen molar-refractivity contribution in [1.82, 2.24) is 9.38 Å². The van der Waals surface area contributed by atoms with E-state index in [1.54, 1.807) is 0 Å². The minimum absolute atomic E-state index is 0.0485. The molecule has 4 rings (SSSR count). The Bertz CT molecular complexity index is 1020. The van der Waals surface area contributed by atoms with Crippen LogP contribution in [0.2, 0.25) is 5.02 Å². The Labute approximate surface area is 153 Å². The average Bonchev–Trinajstić information content (AvgIpc) is 3.18. The maximum atomic E-state index is 12.3. The van der Waals surface area contributed by atoms with Gasteiger partial charge in [0.1, 0.15) is 0 Å². The Kier molecular flexibility index (Phi) is 4.26. The van der Waals surface area contributed by atoms with Gasteiger partial charge in [0, 0.05) is 33.5 Å². The third kappa shape index (κ3) is 3.43. The van der Waals surface area contributed by atoms with Crippen LogP contribution in [0.3, 0.4) is 0 Å². The number of imidazole rings is 1. The highest BCUT2D eigenvalue weighted by Crippen LogP contribution is 2.25. The molecular weight excluding hydrogens is 354 g/mol. The van der Waals surface area contributed by atoms with Crippen LogP contribution in [0.5, 0.6) is 0 Å². The standard InChI is InChI=1S/C19H14ClN3OS/c20-14-8-6-13(7-9-14)17-11-23-16(12-25-19(23)22-17)10-18(24)21-15-4-2-1-3-5-15/h1-9,11-12H,10H2,(H,21,24). The molecule has 2 aromatic carbocycles. The summed E-state index contributed by atoms with van der Waals surface area (Å²) in [7, 11) is 0. The molecule has 0 fully saturated rings. The molecule has 4 aromatic rings. The van der Waals surface area contributed by atoms with Crippen molar-refractivity contribution in [2.24, 2.45) is 0 Å². The van der Waals surface area contributed by atoms with E-state index in [2.05, 4.69) is 10.3 Å². The van der Waals surface area contributed by atoms with E-state index < -0.39 is 0 Å². The molecule has 4 nitrogen and oxygen atoms in total. The van der Waals surface area contributed by atoms with Gasteiger partial charge in [0.2, 0.25) is 5.91 Å². The fraction of sp³-hybridized carbons (Fsp3) is 0.0526. The van der Waals surface area contributed by atoms with Crippen molar-refractivity contribution in [2.75, 3.05) is 5.32 Å². The second-order valence-corrected chi connectivity index (χ2v) is 6.88. The number of hydrogen-bond acceptors (Lipinski definition) is 3. The summed E-state index contributed by atoms with van der Waals surface area (Å²) in [4.78, 5) is 17.8. The van der Waals surface area contributed by atoms with E-state index in [-0.39, 0.29) is 5.91 Å². The number of thiazole rings is 1. The smallest absolute Gasteiger partial charge is 0.230 e. The van der Waals surface area contributed by atoms with Crippen LogP contribution >= 0.6 is 22.9 Å². The zero-order chi connectivity index (χ0) is 17.2. The lowest BCUT2D eigenvalue weighted by atomic mass is 10.2. The summed E-state index contributed by atoms with van der Waals surface area (Å²) in [5.74, 6) is -0.0485. The normalized spacial score (nSPS) is 10.9. The molecule has 0 aliphatic heterocycles. The largest absolute Gasteiger partial charge is 0.326 e. The molecule has 0 aliphatic rings. The van der Waals surface area contributed by atoms with Crippen molar-refractivity contribution in [2.45, 2.75) is 6.42 Å². The first-order valence-electron chi connectivity index (χ1n) is 7.75. The van der Waals surface area contributed by atoms with E-state index >= 15 is 0 Å². The lowest BCUT2D eigenvalue weighted by Gasteiger charge is -2.04. The number of halogens is 1. The van der Waals surface area contributed by atoms with Gasteiger partial charge in [-0.25, -0.2) is 4.98 Å². The molecule has 2 heterocycles. The number of amides is 1. The maximum absolute atomic E-state index is 12.3. The molecule has 0 bridgehead atoms. The van der Waals surface area contributed by atoms with Crippen LogP contribution in [0.4, 0.5) is 5.69 Å². The Morgan fingerprint density at radius 3 is 2.64 bits per heavy atom. The van der Waals surface area contributed by atoms with Crippen molar-refractivity contribution < 1.29 is 4.79 Å². The second-order valence-electron chi connectivity index (χ2n) is 5.60. The number of anilines is 1. The number of fused-ring (bicyclic) bond motifs is 1. The molecule has 0 radical (unpaired) electrons. The lowest BCUT2D eigenvalue weighted by molar-refractivity contribution is -0.115. The molecule has 0 saturated carbocycles. The molecule has 0 atom stereocenters. The predicted octanol–water partition coefficient (Wildman–Crippen LogP) is 4.90. The van der Waals surface area contributed by atoms with Gasteiger partial charge in [-0.3, -0.25) is 9.20 Å². The van der Waals surface area contributed by atoms with Gasteiger partial charge >= 0.3 is 0 Å². The van der Waals surface area contributed by atoms with Crippen molar-refractivity contribution in [3.63, 3.8) is 0 Å². The van der Waals surface area contributed by atoms with Crippen molar-refractivity contribution >= 4 is 39.5 Å². The summed E-state index contributed by atoms with van der Waals surface area (Å²) < 4.78 is 1.97. The first kappa shape index (κ1) is 15.9. The van der Waals surface area contributed by atoms with Gasteiger partial charge in [0.15, 0.2) is 4.96 Å². The minimum atomic E-state index is -0.0485. The van der Waals surface area contributed by atoms with Crippen molar-refractivity contribution in [3.8, 4) is 11.3 Å². The van der Waals surface area contributed by atoms with Gasteiger partial charge in [-0.2, -0.15) is 0 Å². The van der Waals surface area contributed by atoms with Gasteiger partial charge in [0.05, 0.1) is 12.1 Å². The molecule has 6 heteroatoms. The van der Waals surface area contributed by atoms with Gasteiger partial charge in [-0.15, -0.1) is 11.3 Å². The second kappa shape index (κ2) is 6.70. The summed E-state index contributed by atoms with van der Waals surface area (Å²) in [6.45, 7) is 0. The van der Waals surface area contributed by atoms with Gasteiger partial charge in [-0.05, 0) is 24.3 Å². The van der Waals surface area contributed by atoms with E-state index in [0.717, 1.165) is 27.6 Å². The molecule has 0 unspecified atom stereocenters. The molecule has 2 aromatic heterocycles. The first-order chi connectivity index (χ1) is 12.2. The zero-order valence-electron chi connectivity index (χ0n) is 13.1. The van der Waals surface area contributed by atoms with Crippen molar-refractivity contribution in [3.05, 3.63) is 76.9 Å². The van der Waals surface area contributed by atoms with E-state index in [4.69, 9.17) is 11.6 Å². The molecule has 0 spiro atoms. The van der Waals surface area contributed by atoms with Crippen molar-refractivity contribution in [1.29, 1.82) is 0 Å². The first-order valence-corrected chi connectivity index (χ1v) is 9.01. The maximum Gasteiger partial charge on any atom is 0.230 e. The number of para-hydroxylation sites is 1. The van der Waals surface area contributed by atoms with Crippen LogP contribution in [0.15, 0.2) is 66.2 Å². The molecular formula is C19H14ClN3OS.